The van der Waals surface area contributed by atoms with Crippen molar-refractivity contribution in [3.05, 3.63) is 93.5 Å². The minimum atomic E-state index is -5.47. The fourth-order valence-electron chi connectivity index (χ4n) is 5.64. The molecule has 0 unspecified atom stereocenters. The standard InChI is InChI=1S/C31H30Cl2F3N3O6S/c1-44-29(41)30(20-2-7-23(32)8-3-20,21-4-9-24(33)10-5-21)22-6-11-26(38-28(40)19-17-45-18-19)27(16-22)37-25-12-14-39(15-13-25)46(42,43)31(34,35)36/h2-11,16,19,25,37H,12-15,17-18H2,1H3,(H,38,40). The van der Waals surface area contributed by atoms with Crippen LogP contribution in [0.4, 0.5) is 24.5 Å². The number of anilines is 2. The number of amides is 1. The monoisotopic (exact) mass is 699 g/mol. The lowest BCUT2D eigenvalue weighted by molar-refractivity contribution is -0.144. The highest BCUT2D eigenvalue weighted by Gasteiger charge is 2.50. The van der Waals surface area contributed by atoms with E-state index in [1.165, 1.54) is 7.11 Å². The van der Waals surface area contributed by atoms with Crippen LogP contribution in [0.3, 0.4) is 0 Å². The van der Waals surface area contributed by atoms with Crippen molar-refractivity contribution in [2.45, 2.75) is 29.8 Å². The number of sulfonamides is 1. The molecule has 5 rings (SSSR count). The van der Waals surface area contributed by atoms with Crippen LogP contribution in [0.2, 0.25) is 10.0 Å². The van der Waals surface area contributed by atoms with E-state index in [2.05, 4.69) is 10.6 Å². The Morgan fingerprint density at radius 2 is 1.39 bits per heavy atom. The largest absolute Gasteiger partial charge is 0.511 e. The number of rotatable bonds is 9. The van der Waals surface area contributed by atoms with Crippen molar-refractivity contribution < 1.29 is 40.7 Å². The maximum atomic E-state index is 14.0. The van der Waals surface area contributed by atoms with Gasteiger partial charge in [0.15, 0.2) is 0 Å². The summed E-state index contributed by atoms with van der Waals surface area (Å²) in [6, 6.07) is 17.9. The molecule has 46 heavy (non-hydrogen) atoms. The number of hydrogen-bond acceptors (Lipinski definition) is 7. The van der Waals surface area contributed by atoms with Crippen LogP contribution in [0.1, 0.15) is 29.5 Å². The topological polar surface area (TPSA) is 114 Å². The molecule has 15 heteroatoms. The van der Waals surface area contributed by atoms with Crippen LogP contribution in [-0.2, 0) is 34.5 Å². The van der Waals surface area contributed by atoms with Gasteiger partial charge < -0.3 is 20.1 Å². The minimum Gasteiger partial charge on any atom is -0.468 e. The Bertz CT molecular complexity index is 1650. The number of carbonyl (C=O) groups excluding carboxylic acids is 2. The van der Waals surface area contributed by atoms with Crippen LogP contribution in [0.5, 0.6) is 0 Å². The third-order valence-electron chi connectivity index (χ3n) is 8.21. The number of hydrogen-bond donors (Lipinski definition) is 2. The summed E-state index contributed by atoms with van der Waals surface area (Å²) in [6.07, 6.45) is 0.111. The summed E-state index contributed by atoms with van der Waals surface area (Å²) in [7, 11) is -4.20. The lowest BCUT2D eigenvalue weighted by Crippen LogP contribution is -2.47. The lowest BCUT2D eigenvalue weighted by Gasteiger charge is -2.35. The van der Waals surface area contributed by atoms with E-state index in [0.29, 0.717) is 42.4 Å². The molecule has 0 bridgehead atoms. The SMILES string of the molecule is COC(=O)C(c1ccc(Cl)cc1)(c1ccc(Cl)cc1)c1ccc(NC(=O)C2COC2)c(NC2CCN(S(=O)(=O)C(F)(F)F)CC2)c1. The van der Waals surface area contributed by atoms with Gasteiger partial charge in [0.1, 0.15) is 5.41 Å². The Hall–Kier alpha value is -3.36. The summed E-state index contributed by atoms with van der Waals surface area (Å²) in [5.74, 6) is -1.28. The van der Waals surface area contributed by atoms with Gasteiger partial charge in [-0.05, 0) is 65.9 Å². The van der Waals surface area contributed by atoms with Crippen molar-refractivity contribution in [1.82, 2.24) is 4.31 Å². The van der Waals surface area contributed by atoms with E-state index in [0.717, 1.165) is 0 Å². The molecule has 2 aliphatic rings. The summed E-state index contributed by atoms with van der Waals surface area (Å²) >= 11 is 12.4. The van der Waals surface area contributed by atoms with E-state index in [1.54, 1.807) is 66.7 Å². The van der Waals surface area contributed by atoms with Gasteiger partial charge in [0, 0.05) is 29.2 Å². The van der Waals surface area contributed by atoms with E-state index >= 15 is 0 Å². The van der Waals surface area contributed by atoms with Gasteiger partial charge in [-0.3, -0.25) is 9.59 Å². The number of nitrogens with zero attached hydrogens (tertiary/aromatic N) is 1. The molecule has 9 nitrogen and oxygen atoms in total. The summed E-state index contributed by atoms with van der Waals surface area (Å²) in [5, 5.41) is 7.06. The molecule has 246 valence electrons. The quantitative estimate of drug-likeness (QED) is 0.214. The number of esters is 1. The van der Waals surface area contributed by atoms with Crippen molar-refractivity contribution in [3.8, 4) is 0 Å². The molecule has 2 saturated heterocycles. The predicted octanol–water partition coefficient (Wildman–Crippen LogP) is 5.81. The number of nitrogens with one attached hydrogen (secondary N) is 2. The summed E-state index contributed by atoms with van der Waals surface area (Å²) in [4.78, 5) is 26.9. The molecule has 1 amide bonds. The molecule has 2 heterocycles. The van der Waals surface area contributed by atoms with Crippen LogP contribution in [0.25, 0.3) is 0 Å². The van der Waals surface area contributed by atoms with Crippen LogP contribution < -0.4 is 10.6 Å². The normalized spacial score (nSPS) is 16.8. The minimum absolute atomic E-state index is 0.0555. The Kier molecular flexibility index (Phi) is 9.90. The number of piperidine rings is 1. The number of halogens is 5. The van der Waals surface area contributed by atoms with Crippen LogP contribution >= 0.6 is 23.2 Å². The molecule has 2 N–H and O–H groups in total. The summed E-state index contributed by atoms with van der Waals surface area (Å²) in [5.41, 5.74) is -4.73. The van der Waals surface area contributed by atoms with Crippen molar-refractivity contribution in [3.63, 3.8) is 0 Å². The molecule has 3 aromatic rings. The lowest BCUT2D eigenvalue weighted by atomic mass is 9.69. The van der Waals surface area contributed by atoms with Gasteiger partial charge in [-0.25, -0.2) is 8.42 Å². The molecular weight excluding hydrogens is 670 g/mol. The first-order valence-electron chi connectivity index (χ1n) is 14.2. The van der Waals surface area contributed by atoms with Crippen molar-refractivity contribution in [2.75, 3.05) is 44.0 Å². The van der Waals surface area contributed by atoms with Gasteiger partial charge in [-0.2, -0.15) is 17.5 Å². The van der Waals surface area contributed by atoms with Gasteiger partial charge in [0.25, 0.3) is 0 Å². The second-order valence-corrected chi connectivity index (χ2v) is 13.8. The number of methoxy groups -OCH3 is 1. The highest BCUT2D eigenvalue weighted by atomic mass is 35.5. The molecule has 0 spiro atoms. The maximum Gasteiger partial charge on any atom is 0.511 e. The van der Waals surface area contributed by atoms with E-state index < -0.39 is 33.0 Å². The van der Waals surface area contributed by atoms with Crippen LogP contribution in [-0.4, -0.2) is 69.6 Å². The molecule has 0 aromatic heterocycles. The predicted molar refractivity (Wildman–Crippen MR) is 167 cm³/mol. The first-order valence-corrected chi connectivity index (χ1v) is 16.4. The fraction of sp³-hybridized carbons (Fsp3) is 0.355. The molecule has 0 saturated carbocycles. The van der Waals surface area contributed by atoms with Crippen LogP contribution in [0, 0.1) is 5.92 Å². The number of alkyl halides is 3. The van der Waals surface area contributed by atoms with Crippen molar-refractivity contribution in [2.24, 2.45) is 5.92 Å². The molecule has 0 aliphatic carbocycles. The Balaban J connectivity index is 1.59. The Labute approximate surface area is 274 Å². The highest BCUT2D eigenvalue weighted by Crippen LogP contribution is 2.44. The molecular formula is C31H30Cl2F3N3O6S. The average Bonchev–Trinajstić information content (AvgIpc) is 2.99. The first-order chi connectivity index (χ1) is 21.8. The summed E-state index contributed by atoms with van der Waals surface area (Å²) < 4.78 is 74.4. The average molecular weight is 701 g/mol. The molecule has 0 radical (unpaired) electrons. The van der Waals surface area contributed by atoms with E-state index in [4.69, 9.17) is 32.7 Å². The second kappa shape index (κ2) is 13.4. The number of benzene rings is 3. The van der Waals surface area contributed by atoms with E-state index in [9.17, 15) is 31.2 Å². The summed E-state index contributed by atoms with van der Waals surface area (Å²) in [6.45, 7) is -0.196. The van der Waals surface area contributed by atoms with Gasteiger partial charge in [0.2, 0.25) is 5.91 Å². The molecule has 2 fully saturated rings. The van der Waals surface area contributed by atoms with Gasteiger partial charge >= 0.3 is 21.5 Å². The van der Waals surface area contributed by atoms with E-state index in [-0.39, 0.29) is 51.0 Å². The van der Waals surface area contributed by atoms with Crippen molar-refractivity contribution >= 4 is 56.5 Å². The van der Waals surface area contributed by atoms with E-state index in [1.807, 2.05) is 0 Å². The molecule has 0 atom stereocenters. The van der Waals surface area contributed by atoms with Gasteiger partial charge in [-0.15, -0.1) is 0 Å². The zero-order valence-electron chi connectivity index (χ0n) is 24.4. The zero-order valence-corrected chi connectivity index (χ0v) is 26.8. The zero-order chi connectivity index (χ0) is 33.3. The number of ether oxygens (including phenoxy) is 2. The first kappa shape index (κ1) is 34.0. The van der Waals surface area contributed by atoms with Crippen LogP contribution in [0.15, 0.2) is 66.7 Å². The number of carbonyl (C=O) groups is 2. The third-order valence-corrected chi connectivity index (χ3v) is 10.3. The molecule has 2 aliphatic heterocycles. The van der Waals surface area contributed by atoms with Gasteiger partial charge in [0.05, 0.1) is 37.6 Å². The fourth-order valence-corrected chi connectivity index (χ4v) is 6.88. The maximum absolute atomic E-state index is 14.0. The highest BCUT2D eigenvalue weighted by molar-refractivity contribution is 7.90. The third kappa shape index (κ3) is 6.56. The van der Waals surface area contributed by atoms with Crippen molar-refractivity contribution in [1.29, 1.82) is 0 Å². The smallest absolute Gasteiger partial charge is 0.468 e. The Morgan fingerprint density at radius 1 is 0.870 bits per heavy atom. The second-order valence-electron chi connectivity index (χ2n) is 11.0. The molecule has 3 aromatic carbocycles. The van der Waals surface area contributed by atoms with Gasteiger partial charge in [-0.1, -0.05) is 53.5 Å². The Morgan fingerprint density at radius 3 is 1.85 bits per heavy atom.